The van der Waals surface area contributed by atoms with E-state index >= 15 is 0 Å². The number of aromatic nitrogens is 1. The Morgan fingerprint density at radius 2 is 1.97 bits per heavy atom. The maximum Gasteiger partial charge on any atom is 0.274 e. The molecule has 1 aliphatic heterocycles. The number of nitrogens with zero attached hydrogens (tertiary/aromatic N) is 2. The minimum absolute atomic E-state index is 0.178. The van der Waals surface area contributed by atoms with Crippen molar-refractivity contribution in [3.05, 3.63) is 71.2 Å². The summed E-state index contributed by atoms with van der Waals surface area (Å²) in [7, 11) is 1.62. The predicted molar refractivity (Wildman–Crippen MR) is 112 cm³/mol. The summed E-state index contributed by atoms with van der Waals surface area (Å²) in [5, 5.41) is 8.35. The number of anilines is 2. The van der Waals surface area contributed by atoms with Crippen LogP contribution in [-0.2, 0) is 4.79 Å². The summed E-state index contributed by atoms with van der Waals surface area (Å²) in [5.41, 5.74) is 1.95. The number of methoxy groups -OCH3 is 1. The van der Waals surface area contributed by atoms with Crippen LogP contribution in [0.4, 0.5) is 10.8 Å². The van der Waals surface area contributed by atoms with E-state index in [1.54, 1.807) is 17.4 Å². The number of nitrogens with one attached hydrogen (secondary N) is 2. The van der Waals surface area contributed by atoms with Gasteiger partial charge in [0, 0.05) is 24.2 Å². The molecule has 8 heteroatoms. The molecule has 1 fully saturated rings. The lowest BCUT2D eigenvalue weighted by molar-refractivity contribution is -0.128. The second-order valence-corrected chi connectivity index (χ2v) is 7.35. The van der Waals surface area contributed by atoms with Crippen LogP contribution in [0.25, 0.3) is 0 Å². The van der Waals surface area contributed by atoms with E-state index in [0.717, 1.165) is 17.0 Å². The third kappa shape index (κ3) is 4.07. The zero-order valence-electron chi connectivity index (χ0n) is 15.8. The van der Waals surface area contributed by atoms with Gasteiger partial charge in [0.25, 0.3) is 5.91 Å². The van der Waals surface area contributed by atoms with Crippen molar-refractivity contribution in [2.75, 3.05) is 25.5 Å². The topological polar surface area (TPSA) is 83.6 Å². The quantitative estimate of drug-likeness (QED) is 0.677. The van der Waals surface area contributed by atoms with E-state index < -0.39 is 6.04 Å². The Morgan fingerprint density at radius 3 is 2.69 bits per heavy atom. The third-order valence-electron chi connectivity index (χ3n) is 4.65. The molecule has 7 nitrogen and oxygen atoms in total. The molecule has 1 aromatic heterocycles. The standard InChI is InChI=1S/C21H20N4O3S/c1-28-16-9-7-15(8-10-16)23-21-24-17(13-29-21)20(27)25-12-11-22-19(26)18(25)14-5-3-2-4-6-14/h2-10,13,18H,11-12H2,1H3,(H,22,26)(H,23,24). The molecule has 3 aromatic rings. The number of thiazole rings is 1. The zero-order valence-corrected chi connectivity index (χ0v) is 16.6. The van der Waals surface area contributed by atoms with Gasteiger partial charge < -0.3 is 20.3 Å². The van der Waals surface area contributed by atoms with Crippen molar-refractivity contribution in [1.82, 2.24) is 15.2 Å². The van der Waals surface area contributed by atoms with Crippen LogP contribution in [0.5, 0.6) is 5.75 Å². The summed E-state index contributed by atoms with van der Waals surface area (Å²) in [5.74, 6) is 0.330. The molecule has 1 saturated heterocycles. The number of hydrogen-bond acceptors (Lipinski definition) is 6. The van der Waals surface area contributed by atoms with E-state index in [0.29, 0.717) is 23.9 Å². The summed E-state index contributed by atoms with van der Waals surface area (Å²) < 4.78 is 5.15. The van der Waals surface area contributed by atoms with Gasteiger partial charge in [0.05, 0.1) is 7.11 Å². The fourth-order valence-corrected chi connectivity index (χ4v) is 3.93. The molecule has 0 spiro atoms. The van der Waals surface area contributed by atoms with Crippen LogP contribution in [0, 0.1) is 0 Å². The van der Waals surface area contributed by atoms with Gasteiger partial charge in [0.15, 0.2) is 5.13 Å². The Labute approximate surface area is 172 Å². The molecule has 0 aliphatic carbocycles. The summed E-state index contributed by atoms with van der Waals surface area (Å²) in [6.45, 7) is 0.859. The number of hydrogen-bond donors (Lipinski definition) is 2. The second kappa shape index (κ2) is 8.32. The van der Waals surface area contributed by atoms with Crippen LogP contribution < -0.4 is 15.4 Å². The Morgan fingerprint density at radius 1 is 1.21 bits per heavy atom. The molecule has 2 heterocycles. The molecular weight excluding hydrogens is 388 g/mol. The molecular formula is C21H20N4O3S. The summed E-state index contributed by atoms with van der Waals surface area (Å²) in [6, 6.07) is 16.1. The Bertz CT molecular complexity index is 1000. The van der Waals surface area contributed by atoms with Crippen molar-refractivity contribution < 1.29 is 14.3 Å². The number of amides is 2. The number of carbonyl (C=O) groups is 2. The maximum absolute atomic E-state index is 13.1. The first-order chi connectivity index (χ1) is 14.2. The summed E-state index contributed by atoms with van der Waals surface area (Å²) in [6.07, 6.45) is 0. The van der Waals surface area contributed by atoms with Crippen molar-refractivity contribution in [3.8, 4) is 5.75 Å². The predicted octanol–water partition coefficient (Wildman–Crippen LogP) is 3.21. The molecule has 1 aliphatic rings. The van der Waals surface area contributed by atoms with Crippen molar-refractivity contribution in [2.45, 2.75) is 6.04 Å². The van der Waals surface area contributed by atoms with Crippen LogP contribution in [0.15, 0.2) is 60.0 Å². The highest BCUT2D eigenvalue weighted by atomic mass is 32.1. The van der Waals surface area contributed by atoms with Crippen molar-refractivity contribution in [3.63, 3.8) is 0 Å². The minimum Gasteiger partial charge on any atom is -0.497 e. The van der Waals surface area contributed by atoms with E-state index in [9.17, 15) is 9.59 Å². The number of rotatable bonds is 5. The number of piperazine rings is 1. The van der Waals surface area contributed by atoms with Crippen molar-refractivity contribution in [1.29, 1.82) is 0 Å². The third-order valence-corrected chi connectivity index (χ3v) is 5.41. The summed E-state index contributed by atoms with van der Waals surface area (Å²) in [4.78, 5) is 31.6. The number of carbonyl (C=O) groups excluding carboxylic acids is 2. The van der Waals surface area contributed by atoms with E-state index in [-0.39, 0.29) is 11.8 Å². The maximum atomic E-state index is 13.1. The molecule has 1 atom stereocenters. The SMILES string of the molecule is COc1ccc(Nc2nc(C(=O)N3CCNC(=O)C3c3ccccc3)cs2)cc1. The molecule has 29 heavy (non-hydrogen) atoms. The van der Waals surface area contributed by atoms with Gasteiger partial charge in [-0.15, -0.1) is 11.3 Å². The molecule has 0 saturated carbocycles. The number of benzene rings is 2. The molecule has 2 amide bonds. The van der Waals surface area contributed by atoms with Gasteiger partial charge in [0.2, 0.25) is 5.91 Å². The molecule has 0 radical (unpaired) electrons. The lowest BCUT2D eigenvalue weighted by atomic mass is 10.0. The average molecular weight is 408 g/mol. The summed E-state index contributed by atoms with van der Waals surface area (Å²) >= 11 is 1.34. The first-order valence-corrected chi connectivity index (χ1v) is 10.0. The van der Waals surface area contributed by atoms with E-state index in [1.165, 1.54) is 11.3 Å². The minimum atomic E-state index is -0.655. The first-order valence-electron chi connectivity index (χ1n) is 9.16. The van der Waals surface area contributed by atoms with Crippen LogP contribution in [0.3, 0.4) is 0 Å². The monoisotopic (exact) mass is 408 g/mol. The number of ether oxygens (including phenoxy) is 1. The average Bonchev–Trinajstić information content (AvgIpc) is 3.22. The molecule has 0 bridgehead atoms. The smallest absolute Gasteiger partial charge is 0.274 e. The Hall–Kier alpha value is -3.39. The van der Waals surface area contributed by atoms with E-state index in [1.807, 2.05) is 54.6 Å². The largest absolute Gasteiger partial charge is 0.497 e. The highest BCUT2D eigenvalue weighted by Crippen LogP contribution is 2.27. The van der Waals surface area contributed by atoms with Gasteiger partial charge >= 0.3 is 0 Å². The lowest BCUT2D eigenvalue weighted by Crippen LogP contribution is -2.52. The van der Waals surface area contributed by atoms with Gasteiger partial charge in [-0.25, -0.2) is 4.98 Å². The molecule has 148 valence electrons. The Balaban J connectivity index is 1.53. The highest BCUT2D eigenvalue weighted by Gasteiger charge is 2.35. The fraction of sp³-hybridized carbons (Fsp3) is 0.190. The van der Waals surface area contributed by atoms with Crippen LogP contribution in [0.2, 0.25) is 0 Å². The lowest BCUT2D eigenvalue weighted by Gasteiger charge is -2.34. The zero-order chi connectivity index (χ0) is 20.2. The van der Waals surface area contributed by atoms with Gasteiger partial charge in [-0.05, 0) is 29.8 Å². The van der Waals surface area contributed by atoms with Gasteiger partial charge in [-0.3, -0.25) is 9.59 Å². The van der Waals surface area contributed by atoms with E-state index in [2.05, 4.69) is 15.6 Å². The molecule has 2 N–H and O–H groups in total. The highest BCUT2D eigenvalue weighted by molar-refractivity contribution is 7.14. The van der Waals surface area contributed by atoms with Crippen molar-refractivity contribution in [2.24, 2.45) is 0 Å². The van der Waals surface area contributed by atoms with Gasteiger partial charge in [-0.1, -0.05) is 30.3 Å². The fourth-order valence-electron chi connectivity index (χ4n) is 3.23. The van der Waals surface area contributed by atoms with Crippen LogP contribution in [0.1, 0.15) is 22.1 Å². The second-order valence-electron chi connectivity index (χ2n) is 6.49. The van der Waals surface area contributed by atoms with Crippen molar-refractivity contribution >= 4 is 34.0 Å². The van der Waals surface area contributed by atoms with E-state index in [4.69, 9.17) is 4.74 Å². The first kappa shape index (κ1) is 18.9. The molecule has 2 aromatic carbocycles. The van der Waals surface area contributed by atoms with Gasteiger partial charge in [0.1, 0.15) is 17.5 Å². The van der Waals surface area contributed by atoms with Crippen LogP contribution >= 0.6 is 11.3 Å². The Kier molecular flexibility index (Phi) is 5.44. The van der Waals surface area contributed by atoms with Gasteiger partial charge in [-0.2, -0.15) is 0 Å². The molecule has 1 unspecified atom stereocenters. The normalized spacial score (nSPS) is 16.2. The van der Waals surface area contributed by atoms with Crippen LogP contribution in [-0.4, -0.2) is 41.9 Å². The molecule has 4 rings (SSSR count).